The Morgan fingerprint density at radius 3 is 0.870 bits per heavy atom. The van der Waals surface area contributed by atoms with E-state index in [1.807, 2.05) is 0 Å². The van der Waals surface area contributed by atoms with Crippen molar-refractivity contribution in [3.63, 3.8) is 0 Å². The standard InChI is InChI=1S/2C25H23.C2H6Si.Zr/c2*1-25(2,3)20-16-23-21(18-10-6-4-7-11-18)14-15-22(24(23)17-20)19-12-8-5-9-13-19;1-3-2;/h2*4-17H,1-3H3;1-2H3;/q2*-1;;+2. The molecule has 0 N–H and O–H groups in total. The molecule has 0 atom stereocenters. The molecule has 0 aliphatic heterocycles. The molecule has 0 spiro atoms. The Labute approximate surface area is 346 Å². The van der Waals surface area contributed by atoms with E-state index in [4.69, 9.17) is 0 Å². The zero-order chi connectivity index (χ0) is 37.6. The summed E-state index contributed by atoms with van der Waals surface area (Å²) in [6, 6.07) is 61.3. The van der Waals surface area contributed by atoms with Gasteiger partial charge in [0.2, 0.25) is 0 Å². The van der Waals surface area contributed by atoms with Gasteiger partial charge in [0.25, 0.3) is 0 Å². The molecule has 0 heterocycles. The normalized spacial score (nSPS) is 11.3. The third kappa shape index (κ3) is 9.29. The van der Waals surface area contributed by atoms with Gasteiger partial charge in [-0.25, -0.2) is 0 Å². The fourth-order valence-corrected chi connectivity index (χ4v) is 6.94. The van der Waals surface area contributed by atoms with E-state index < -0.39 is 0 Å². The molecule has 0 nitrogen and oxygen atoms in total. The first-order chi connectivity index (χ1) is 25.5. The zero-order valence-electron chi connectivity index (χ0n) is 33.2. The van der Waals surface area contributed by atoms with E-state index in [1.54, 1.807) is 0 Å². The smallest absolute Gasteiger partial charge is 0.164 e. The summed E-state index contributed by atoms with van der Waals surface area (Å²) in [7, 11) is 1.08. The molecule has 54 heavy (non-hydrogen) atoms. The van der Waals surface area contributed by atoms with Gasteiger partial charge < -0.3 is 0 Å². The van der Waals surface area contributed by atoms with Crippen LogP contribution in [0.15, 0.2) is 170 Å². The second kappa shape index (κ2) is 17.9. The monoisotopic (exact) mass is 794 g/mol. The van der Waals surface area contributed by atoms with Crippen molar-refractivity contribution in [3.05, 3.63) is 181 Å². The third-order valence-electron chi connectivity index (χ3n) is 9.84. The molecule has 2 heteroatoms. The van der Waals surface area contributed by atoms with Gasteiger partial charge in [-0.3, -0.25) is 0 Å². The van der Waals surface area contributed by atoms with Gasteiger partial charge >= 0.3 is 26.2 Å². The maximum Gasteiger partial charge on any atom is 2.00 e. The molecule has 0 bridgehead atoms. The summed E-state index contributed by atoms with van der Waals surface area (Å²) in [6.45, 7) is 18.0. The second-order valence-electron chi connectivity index (χ2n) is 15.9. The van der Waals surface area contributed by atoms with Crippen molar-refractivity contribution in [2.75, 3.05) is 0 Å². The van der Waals surface area contributed by atoms with Crippen molar-refractivity contribution < 1.29 is 26.2 Å². The zero-order valence-corrected chi connectivity index (χ0v) is 36.6. The van der Waals surface area contributed by atoms with Crippen LogP contribution in [0.4, 0.5) is 0 Å². The first kappa shape index (κ1) is 40.8. The van der Waals surface area contributed by atoms with Crippen LogP contribution >= 0.6 is 0 Å². The summed E-state index contributed by atoms with van der Waals surface area (Å²) in [5.41, 5.74) is 13.4. The average Bonchev–Trinajstić information content (AvgIpc) is 3.83. The molecule has 0 saturated heterocycles. The Bertz CT molecular complexity index is 2040. The molecule has 8 aromatic rings. The fraction of sp³-hybridized carbons (Fsp3) is 0.192. The van der Waals surface area contributed by atoms with Gasteiger partial charge in [-0.15, -0.1) is 44.8 Å². The second-order valence-corrected chi connectivity index (χ2v) is 16.9. The van der Waals surface area contributed by atoms with Crippen molar-refractivity contribution in [1.82, 2.24) is 0 Å². The Hall–Kier alpha value is -4.36. The maximum absolute atomic E-state index is 2.38. The van der Waals surface area contributed by atoms with Crippen LogP contribution in [0.25, 0.3) is 66.1 Å². The molecule has 0 unspecified atom stereocenters. The summed E-state index contributed by atoms with van der Waals surface area (Å²) in [5, 5.41) is 5.38. The fourth-order valence-electron chi connectivity index (χ4n) is 6.94. The first-order valence-corrected chi connectivity index (χ1v) is 20.8. The summed E-state index contributed by atoms with van der Waals surface area (Å²) in [5.74, 6) is 0. The quantitative estimate of drug-likeness (QED) is 0.123. The van der Waals surface area contributed by atoms with Crippen molar-refractivity contribution in [2.24, 2.45) is 0 Å². The minimum Gasteiger partial charge on any atom is -0.164 e. The van der Waals surface area contributed by atoms with E-state index in [0.29, 0.717) is 0 Å². The Balaban J connectivity index is 0.000000190. The number of hydrogen-bond acceptors (Lipinski definition) is 0. The van der Waals surface area contributed by atoms with Crippen molar-refractivity contribution in [1.29, 1.82) is 0 Å². The van der Waals surface area contributed by atoms with Crippen LogP contribution in [0.2, 0.25) is 13.1 Å². The maximum atomic E-state index is 2.38. The van der Waals surface area contributed by atoms with Crippen LogP contribution in [0.5, 0.6) is 0 Å². The molecule has 8 aromatic carbocycles. The topological polar surface area (TPSA) is 0 Å². The number of hydrogen-bond donors (Lipinski definition) is 0. The van der Waals surface area contributed by atoms with Crippen molar-refractivity contribution >= 4 is 31.1 Å². The number of benzene rings is 6. The van der Waals surface area contributed by atoms with E-state index in [0.717, 1.165) is 9.52 Å². The summed E-state index contributed by atoms with van der Waals surface area (Å²) < 4.78 is 0. The molecule has 268 valence electrons. The van der Waals surface area contributed by atoms with Crippen LogP contribution in [-0.2, 0) is 37.0 Å². The SMILES string of the molecule is CC(C)(C)c1cc2c(-c3ccccc3)ccc(-c3ccccc3)c2[cH-]1.CC(C)(C)c1cc2c(-c3ccccc3)ccc(-c3ccccc3)c2[cH-]1.C[Si]C.[Zr+2]. The van der Waals surface area contributed by atoms with Crippen LogP contribution < -0.4 is 0 Å². The van der Waals surface area contributed by atoms with Gasteiger partial charge in [-0.1, -0.05) is 234 Å². The molecular weight excluding hydrogens is 744 g/mol. The summed E-state index contributed by atoms with van der Waals surface area (Å²) in [6.07, 6.45) is 0. The molecule has 0 saturated carbocycles. The van der Waals surface area contributed by atoms with Crippen LogP contribution in [0, 0.1) is 0 Å². The predicted molar refractivity (Wildman–Crippen MR) is 236 cm³/mol. The van der Waals surface area contributed by atoms with E-state index in [2.05, 4.69) is 224 Å². The first-order valence-electron chi connectivity index (χ1n) is 18.8. The van der Waals surface area contributed by atoms with Crippen LogP contribution in [-0.4, -0.2) is 9.52 Å². The van der Waals surface area contributed by atoms with Gasteiger partial charge in [0.1, 0.15) is 0 Å². The largest absolute Gasteiger partial charge is 2.00 e. The van der Waals surface area contributed by atoms with Gasteiger partial charge in [-0.2, -0.15) is 12.1 Å². The molecule has 2 radical (unpaired) electrons. The Morgan fingerprint density at radius 1 is 0.370 bits per heavy atom. The molecule has 8 rings (SSSR count). The Morgan fingerprint density at radius 2 is 0.611 bits per heavy atom. The minimum absolute atomic E-state index is 0. The molecular formula is C52H52SiZr. The molecule has 0 amide bonds. The van der Waals surface area contributed by atoms with Gasteiger partial charge in [-0.05, 0) is 22.0 Å². The van der Waals surface area contributed by atoms with Crippen LogP contribution in [0.3, 0.4) is 0 Å². The molecule has 0 aliphatic rings. The van der Waals surface area contributed by atoms with Crippen molar-refractivity contribution in [3.8, 4) is 44.5 Å². The predicted octanol–water partition coefficient (Wildman–Crippen LogP) is 15.2. The number of rotatable bonds is 4. The van der Waals surface area contributed by atoms with Crippen LogP contribution in [0.1, 0.15) is 52.7 Å². The molecule has 0 aromatic heterocycles. The Kier molecular flexibility index (Phi) is 13.5. The third-order valence-corrected chi connectivity index (χ3v) is 9.84. The molecule has 0 fully saturated rings. The van der Waals surface area contributed by atoms with E-state index in [1.165, 1.54) is 77.2 Å². The van der Waals surface area contributed by atoms with Gasteiger partial charge in [0.15, 0.2) is 0 Å². The van der Waals surface area contributed by atoms with E-state index in [-0.39, 0.29) is 37.0 Å². The summed E-state index contributed by atoms with van der Waals surface area (Å²) in [4.78, 5) is 0. The van der Waals surface area contributed by atoms with Gasteiger partial charge in [0.05, 0.1) is 0 Å². The van der Waals surface area contributed by atoms with Crippen molar-refractivity contribution in [2.45, 2.75) is 65.5 Å². The minimum atomic E-state index is 0. The molecule has 0 aliphatic carbocycles. The van der Waals surface area contributed by atoms with Gasteiger partial charge in [0, 0.05) is 9.52 Å². The summed E-state index contributed by atoms with van der Waals surface area (Å²) >= 11 is 0. The van der Waals surface area contributed by atoms with E-state index in [9.17, 15) is 0 Å². The average molecular weight is 796 g/mol. The number of fused-ring (bicyclic) bond motifs is 2. The van der Waals surface area contributed by atoms with E-state index >= 15 is 0 Å².